The molecule has 0 bridgehead atoms. The van der Waals surface area contributed by atoms with E-state index in [1.165, 1.54) is 6.07 Å². The fraction of sp³-hybridized carbons (Fsp3) is 0.200. The maximum absolute atomic E-state index is 14.7. The van der Waals surface area contributed by atoms with Crippen LogP contribution in [0.1, 0.15) is 23.6 Å². The molecular weight excluding hydrogens is 406 g/mol. The quantitative estimate of drug-likeness (QED) is 0.612. The third kappa shape index (κ3) is 3.34. The number of nitrogens with one attached hydrogen (secondary N) is 1. The normalized spacial score (nSPS) is 17.1. The molecule has 0 saturated carbocycles. The van der Waals surface area contributed by atoms with Crippen LogP contribution in [0.15, 0.2) is 53.6 Å². The lowest BCUT2D eigenvalue weighted by molar-refractivity contribution is 0.587. The van der Waals surface area contributed by atoms with E-state index < -0.39 is 16.8 Å². The van der Waals surface area contributed by atoms with Gasteiger partial charge in [-0.2, -0.15) is 0 Å². The fourth-order valence-corrected chi connectivity index (χ4v) is 5.28. The first kappa shape index (κ1) is 18.7. The van der Waals surface area contributed by atoms with E-state index in [9.17, 15) is 8.60 Å². The molecule has 4 rings (SSSR count). The Morgan fingerprint density at radius 2 is 1.96 bits per heavy atom. The van der Waals surface area contributed by atoms with Crippen molar-refractivity contribution in [3.8, 4) is 11.3 Å². The maximum atomic E-state index is 14.7. The van der Waals surface area contributed by atoms with Crippen LogP contribution >= 0.6 is 23.2 Å². The first-order valence-electron chi connectivity index (χ1n) is 8.54. The van der Waals surface area contributed by atoms with E-state index >= 15 is 0 Å². The number of aromatic nitrogens is 1. The molecule has 2 unspecified atom stereocenters. The Labute approximate surface area is 169 Å². The number of hydrogen-bond acceptors (Lipinski definition) is 2. The molecule has 2 aromatic carbocycles. The highest BCUT2D eigenvalue weighted by Crippen LogP contribution is 2.41. The Morgan fingerprint density at radius 1 is 1.19 bits per heavy atom. The predicted octanol–water partition coefficient (Wildman–Crippen LogP) is 5.38. The molecule has 1 heterocycles. The zero-order valence-corrected chi connectivity index (χ0v) is 16.8. The van der Waals surface area contributed by atoms with Crippen LogP contribution in [-0.4, -0.2) is 15.2 Å². The molecule has 1 aliphatic carbocycles. The Bertz CT molecular complexity index is 1050. The molecule has 7 heteroatoms. The van der Waals surface area contributed by atoms with Gasteiger partial charge in [0.05, 0.1) is 10.6 Å². The van der Waals surface area contributed by atoms with Crippen molar-refractivity contribution in [1.82, 2.24) is 9.29 Å². The van der Waals surface area contributed by atoms with Crippen LogP contribution in [-0.2, 0) is 17.4 Å². The topological polar surface area (TPSA) is 34.0 Å². The summed E-state index contributed by atoms with van der Waals surface area (Å²) >= 11 is 12.0. The molecule has 0 aliphatic heterocycles. The molecule has 0 spiro atoms. The average molecular weight is 423 g/mol. The molecule has 140 valence electrons. The van der Waals surface area contributed by atoms with Crippen LogP contribution in [0, 0.1) is 5.82 Å². The monoisotopic (exact) mass is 422 g/mol. The number of fused-ring (bicyclic) bond motifs is 1. The molecule has 0 amide bonds. The van der Waals surface area contributed by atoms with Crippen LogP contribution in [0.25, 0.3) is 11.3 Å². The summed E-state index contributed by atoms with van der Waals surface area (Å²) in [6, 6.07) is 11.6. The number of rotatable bonds is 4. The van der Waals surface area contributed by atoms with Crippen molar-refractivity contribution < 1.29 is 8.60 Å². The Morgan fingerprint density at radius 3 is 2.67 bits per heavy atom. The van der Waals surface area contributed by atoms with E-state index in [4.69, 9.17) is 23.2 Å². The second kappa shape index (κ2) is 7.40. The standard InChI is InChI=1S/C20H17Cl2FN2OS/c1-24-19-8-7-15-17(19)11-25(27(26)14-4-2-3-12(21)9-14)20(15)16-6-5-13(22)10-18(16)23/h2-6,9-11,19,24H,7-8H2,1H3. The maximum Gasteiger partial charge on any atom is 0.157 e. The summed E-state index contributed by atoms with van der Waals surface area (Å²) in [5.41, 5.74) is 3.10. The second-order valence-corrected chi connectivity index (χ2v) is 8.68. The van der Waals surface area contributed by atoms with Crippen molar-refractivity contribution in [2.24, 2.45) is 0 Å². The van der Waals surface area contributed by atoms with E-state index in [1.807, 2.05) is 13.2 Å². The summed E-state index contributed by atoms with van der Waals surface area (Å²) in [7, 11) is 0.344. The van der Waals surface area contributed by atoms with Crippen molar-refractivity contribution in [2.75, 3.05) is 7.05 Å². The molecule has 0 fully saturated rings. The summed E-state index contributed by atoms with van der Waals surface area (Å²) in [5, 5.41) is 4.11. The average Bonchev–Trinajstić information content (AvgIpc) is 3.20. The lowest BCUT2D eigenvalue weighted by Gasteiger charge is -2.13. The van der Waals surface area contributed by atoms with Crippen molar-refractivity contribution in [3.63, 3.8) is 0 Å². The molecule has 3 aromatic rings. The van der Waals surface area contributed by atoms with Crippen LogP contribution in [0.3, 0.4) is 0 Å². The summed E-state index contributed by atoms with van der Waals surface area (Å²) < 4.78 is 29.7. The van der Waals surface area contributed by atoms with Gasteiger partial charge >= 0.3 is 0 Å². The van der Waals surface area contributed by atoms with Crippen LogP contribution in [0.2, 0.25) is 10.0 Å². The smallest absolute Gasteiger partial charge is 0.157 e. The van der Waals surface area contributed by atoms with Gasteiger partial charge in [-0.1, -0.05) is 29.3 Å². The molecule has 1 aliphatic rings. The van der Waals surface area contributed by atoms with E-state index in [0.717, 1.165) is 24.0 Å². The minimum atomic E-state index is -1.55. The third-order valence-electron chi connectivity index (χ3n) is 4.88. The van der Waals surface area contributed by atoms with Crippen LogP contribution < -0.4 is 5.32 Å². The van der Waals surface area contributed by atoms with Crippen molar-refractivity contribution in [1.29, 1.82) is 0 Å². The fourth-order valence-electron chi connectivity index (χ4n) is 3.63. The van der Waals surface area contributed by atoms with Crippen LogP contribution in [0.4, 0.5) is 4.39 Å². The van der Waals surface area contributed by atoms with Crippen molar-refractivity contribution in [2.45, 2.75) is 23.8 Å². The Hall–Kier alpha value is -1.66. The minimum Gasteiger partial charge on any atom is -0.313 e. The lowest BCUT2D eigenvalue weighted by Crippen LogP contribution is -2.13. The first-order valence-corrected chi connectivity index (χ1v) is 10.4. The van der Waals surface area contributed by atoms with Crippen molar-refractivity contribution in [3.05, 3.63) is 75.7 Å². The van der Waals surface area contributed by atoms with Crippen molar-refractivity contribution >= 4 is 34.2 Å². The largest absolute Gasteiger partial charge is 0.313 e. The van der Waals surface area contributed by atoms with Gasteiger partial charge in [-0.25, -0.2) is 8.60 Å². The SMILES string of the molecule is CNC1CCc2c1cn(S(=O)c1cccc(Cl)c1)c2-c1ccc(Cl)cc1F. The van der Waals surface area contributed by atoms with Gasteiger partial charge in [-0.05, 0) is 67.4 Å². The minimum absolute atomic E-state index is 0.159. The predicted molar refractivity (Wildman–Crippen MR) is 108 cm³/mol. The van der Waals surface area contributed by atoms with Crippen LogP contribution in [0.5, 0.6) is 0 Å². The Kier molecular flexibility index (Phi) is 5.12. The van der Waals surface area contributed by atoms with E-state index in [0.29, 0.717) is 26.2 Å². The highest BCUT2D eigenvalue weighted by molar-refractivity contribution is 7.83. The molecule has 1 aromatic heterocycles. The zero-order chi connectivity index (χ0) is 19.1. The highest BCUT2D eigenvalue weighted by Gasteiger charge is 2.31. The van der Waals surface area contributed by atoms with Gasteiger partial charge in [-0.15, -0.1) is 0 Å². The number of nitrogens with zero attached hydrogens (tertiary/aromatic N) is 1. The van der Waals surface area contributed by atoms with Gasteiger partial charge in [0.25, 0.3) is 0 Å². The summed E-state index contributed by atoms with van der Waals surface area (Å²) in [6.45, 7) is 0. The van der Waals surface area contributed by atoms with Gasteiger partial charge in [0.15, 0.2) is 11.0 Å². The molecule has 1 N–H and O–H groups in total. The van der Waals surface area contributed by atoms with Gasteiger partial charge in [0.1, 0.15) is 5.82 Å². The second-order valence-electron chi connectivity index (χ2n) is 6.45. The molecule has 27 heavy (non-hydrogen) atoms. The molecule has 0 saturated heterocycles. The zero-order valence-electron chi connectivity index (χ0n) is 14.5. The molecule has 0 radical (unpaired) electrons. The van der Waals surface area contributed by atoms with Gasteiger partial charge in [0.2, 0.25) is 0 Å². The van der Waals surface area contributed by atoms with E-state index in [2.05, 4.69) is 5.32 Å². The summed E-state index contributed by atoms with van der Waals surface area (Å²) in [6.07, 6.45) is 3.58. The van der Waals surface area contributed by atoms with Gasteiger partial charge < -0.3 is 5.32 Å². The lowest BCUT2D eigenvalue weighted by atomic mass is 10.1. The number of hydrogen-bond donors (Lipinski definition) is 1. The van der Waals surface area contributed by atoms with Gasteiger partial charge in [0, 0.05) is 27.8 Å². The van der Waals surface area contributed by atoms with Gasteiger partial charge in [-0.3, -0.25) is 3.97 Å². The third-order valence-corrected chi connectivity index (χ3v) is 6.65. The Balaban J connectivity index is 1.93. The number of halogens is 3. The van der Waals surface area contributed by atoms with E-state index in [-0.39, 0.29) is 6.04 Å². The molecule has 2 atom stereocenters. The number of benzene rings is 2. The molecular formula is C20H17Cl2FN2OS. The first-order chi connectivity index (χ1) is 13.0. The van der Waals surface area contributed by atoms with E-state index in [1.54, 1.807) is 40.4 Å². The summed E-state index contributed by atoms with van der Waals surface area (Å²) in [4.78, 5) is 0.563. The highest BCUT2D eigenvalue weighted by atomic mass is 35.5. The molecule has 3 nitrogen and oxygen atoms in total. The summed E-state index contributed by atoms with van der Waals surface area (Å²) in [5.74, 6) is -0.430.